The van der Waals surface area contributed by atoms with Crippen LogP contribution in [0.3, 0.4) is 0 Å². The van der Waals surface area contributed by atoms with Crippen LogP contribution in [0.4, 0.5) is 0 Å². The van der Waals surface area contributed by atoms with E-state index in [1.807, 2.05) is 62.4 Å². The average Bonchev–Trinajstić information content (AvgIpc) is 2.49. The fourth-order valence-corrected chi connectivity index (χ4v) is 2.01. The molecule has 2 rings (SSSR count). The third kappa shape index (κ3) is 4.35. The number of nitrogens with one attached hydrogen (secondary N) is 1. The fraction of sp³-hybridized carbons (Fsp3) is 0.278. The van der Waals surface area contributed by atoms with E-state index in [9.17, 15) is 4.79 Å². The van der Waals surface area contributed by atoms with Crippen molar-refractivity contribution in [3.8, 4) is 5.75 Å². The van der Waals surface area contributed by atoms with E-state index in [-0.39, 0.29) is 5.91 Å². The summed E-state index contributed by atoms with van der Waals surface area (Å²) < 4.78 is 5.76. The molecule has 0 aliphatic heterocycles. The van der Waals surface area contributed by atoms with Crippen molar-refractivity contribution in [2.24, 2.45) is 0 Å². The Labute approximate surface area is 126 Å². The normalized spacial score (nSPS) is 11.8. The Morgan fingerprint density at radius 1 is 1.14 bits per heavy atom. The van der Waals surface area contributed by atoms with Crippen LogP contribution in [0.2, 0.25) is 0 Å². The van der Waals surface area contributed by atoms with Crippen molar-refractivity contribution in [2.75, 3.05) is 0 Å². The highest BCUT2D eigenvalue weighted by molar-refractivity contribution is 5.80. The molecule has 1 N–H and O–H groups in total. The number of carbonyl (C=O) groups is 1. The molecule has 2 aromatic rings. The minimum Gasteiger partial charge on any atom is -0.481 e. The molecule has 21 heavy (non-hydrogen) atoms. The minimum atomic E-state index is -0.519. The number of carbonyl (C=O) groups excluding carboxylic acids is 1. The maximum Gasteiger partial charge on any atom is 0.261 e. The van der Waals surface area contributed by atoms with Crippen LogP contribution in [0.15, 0.2) is 48.5 Å². The maximum atomic E-state index is 12.1. The number of ether oxygens (including phenoxy) is 1. The van der Waals surface area contributed by atoms with E-state index in [2.05, 4.69) is 5.32 Å². The standard InChI is InChI=1S/C18H21NO2/c1-13-9-10-14(2)17(11-13)21-15(3)18(20)19-12-16-7-5-4-6-8-16/h4-11,15H,12H2,1-3H3,(H,19,20). The minimum absolute atomic E-state index is 0.111. The summed E-state index contributed by atoms with van der Waals surface area (Å²) in [4.78, 5) is 12.1. The highest BCUT2D eigenvalue weighted by atomic mass is 16.5. The number of hydrogen-bond donors (Lipinski definition) is 1. The molecule has 0 saturated carbocycles. The molecule has 1 unspecified atom stereocenters. The first-order valence-corrected chi connectivity index (χ1v) is 7.12. The van der Waals surface area contributed by atoms with Crippen LogP contribution >= 0.6 is 0 Å². The Morgan fingerprint density at radius 2 is 1.86 bits per heavy atom. The van der Waals surface area contributed by atoms with Gasteiger partial charge in [-0.1, -0.05) is 42.5 Å². The van der Waals surface area contributed by atoms with Gasteiger partial charge in [-0.3, -0.25) is 4.79 Å². The van der Waals surface area contributed by atoms with Crippen molar-refractivity contribution in [3.05, 3.63) is 65.2 Å². The molecule has 0 spiro atoms. The molecule has 0 radical (unpaired) electrons. The van der Waals surface area contributed by atoms with Gasteiger partial charge in [0.15, 0.2) is 6.10 Å². The molecular formula is C18H21NO2. The van der Waals surface area contributed by atoms with Gasteiger partial charge in [0.1, 0.15) is 5.75 Å². The first kappa shape index (κ1) is 15.1. The zero-order valence-corrected chi connectivity index (χ0v) is 12.7. The van der Waals surface area contributed by atoms with Gasteiger partial charge in [0, 0.05) is 6.54 Å². The molecule has 3 heteroatoms. The number of aryl methyl sites for hydroxylation is 2. The average molecular weight is 283 g/mol. The molecule has 0 heterocycles. The Balaban J connectivity index is 1.92. The van der Waals surface area contributed by atoms with E-state index < -0.39 is 6.10 Å². The molecule has 0 aliphatic rings. The lowest BCUT2D eigenvalue weighted by molar-refractivity contribution is -0.127. The third-order valence-corrected chi connectivity index (χ3v) is 3.33. The highest BCUT2D eigenvalue weighted by Gasteiger charge is 2.15. The summed E-state index contributed by atoms with van der Waals surface area (Å²) in [7, 11) is 0. The lowest BCUT2D eigenvalue weighted by Gasteiger charge is -2.16. The molecule has 3 nitrogen and oxygen atoms in total. The Morgan fingerprint density at radius 3 is 2.57 bits per heavy atom. The first-order valence-electron chi connectivity index (χ1n) is 7.12. The van der Waals surface area contributed by atoms with Gasteiger partial charge in [-0.2, -0.15) is 0 Å². The molecule has 1 atom stereocenters. The van der Waals surface area contributed by atoms with E-state index >= 15 is 0 Å². The van der Waals surface area contributed by atoms with E-state index in [0.717, 1.165) is 22.4 Å². The second-order valence-electron chi connectivity index (χ2n) is 5.23. The third-order valence-electron chi connectivity index (χ3n) is 3.33. The van der Waals surface area contributed by atoms with Crippen LogP contribution in [0.25, 0.3) is 0 Å². The quantitative estimate of drug-likeness (QED) is 0.913. The molecule has 110 valence electrons. The second kappa shape index (κ2) is 6.93. The van der Waals surface area contributed by atoms with Crippen molar-refractivity contribution in [1.29, 1.82) is 0 Å². The smallest absolute Gasteiger partial charge is 0.261 e. The zero-order valence-electron chi connectivity index (χ0n) is 12.7. The zero-order chi connectivity index (χ0) is 15.2. The molecule has 0 aromatic heterocycles. The largest absolute Gasteiger partial charge is 0.481 e. The summed E-state index contributed by atoms with van der Waals surface area (Å²) >= 11 is 0. The van der Waals surface area contributed by atoms with Gasteiger partial charge < -0.3 is 10.1 Å². The number of rotatable bonds is 5. The van der Waals surface area contributed by atoms with Crippen LogP contribution in [-0.4, -0.2) is 12.0 Å². The van der Waals surface area contributed by atoms with Crippen molar-refractivity contribution in [3.63, 3.8) is 0 Å². The van der Waals surface area contributed by atoms with Gasteiger partial charge in [-0.15, -0.1) is 0 Å². The maximum absolute atomic E-state index is 12.1. The molecule has 2 aromatic carbocycles. The van der Waals surface area contributed by atoms with Gasteiger partial charge in [-0.25, -0.2) is 0 Å². The van der Waals surface area contributed by atoms with Crippen LogP contribution in [0.1, 0.15) is 23.6 Å². The Hall–Kier alpha value is -2.29. The van der Waals surface area contributed by atoms with Crippen LogP contribution in [0.5, 0.6) is 5.75 Å². The second-order valence-corrected chi connectivity index (χ2v) is 5.23. The summed E-state index contributed by atoms with van der Waals surface area (Å²) in [5, 5.41) is 2.89. The van der Waals surface area contributed by atoms with Crippen molar-refractivity contribution in [2.45, 2.75) is 33.4 Å². The predicted octanol–water partition coefficient (Wildman–Crippen LogP) is 3.39. The number of benzene rings is 2. The van der Waals surface area contributed by atoms with Crippen LogP contribution in [-0.2, 0) is 11.3 Å². The summed E-state index contributed by atoms with van der Waals surface area (Å²) in [5.74, 6) is 0.650. The topological polar surface area (TPSA) is 38.3 Å². The molecule has 0 bridgehead atoms. The molecule has 0 saturated heterocycles. The van der Waals surface area contributed by atoms with Gasteiger partial charge in [0.2, 0.25) is 0 Å². The number of hydrogen-bond acceptors (Lipinski definition) is 2. The van der Waals surface area contributed by atoms with Gasteiger partial charge >= 0.3 is 0 Å². The van der Waals surface area contributed by atoms with E-state index in [0.29, 0.717) is 6.54 Å². The summed E-state index contributed by atoms with van der Waals surface area (Å²) in [6, 6.07) is 15.8. The summed E-state index contributed by atoms with van der Waals surface area (Å²) in [6.45, 7) is 6.26. The van der Waals surface area contributed by atoms with Crippen molar-refractivity contribution >= 4 is 5.91 Å². The van der Waals surface area contributed by atoms with Crippen LogP contribution < -0.4 is 10.1 Å². The molecule has 0 fully saturated rings. The van der Waals surface area contributed by atoms with Gasteiger partial charge in [0.25, 0.3) is 5.91 Å². The van der Waals surface area contributed by atoms with E-state index in [1.165, 1.54) is 0 Å². The number of amides is 1. The monoisotopic (exact) mass is 283 g/mol. The lowest BCUT2D eigenvalue weighted by Crippen LogP contribution is -2.36. The molecular weight excluding hydrogens is 262 g/mol. The molecule has 0 aliphatic carbocycles. The van der Waals surface area contributed by atoms with E-state index in [4.69, 9.17) is 4.74 Å². The van der Waals surface area contributed by atoms with Crippen molar-refractivity contribution in [1.82, 2.24) is 5.32 Å². The van der Waals surface area contributed by atoms with Crippen molar-refractivity contribution < 1.29 is 9.53 Å². The van der Waals surface area contributed by atoms with Crippen LogP contribution in [0, 0.1) is 13.8 Å². The van der Waals surface area contributed by atoms with Gasteiger partial charge in [0.05, 0.1) is 0 Å². The first-order chi connectivity index (χ1) is 10.1. The summed E-state index contributed by atoms with van der Waals surface area (Å²) in [5.41, 5.74) is 3.22. The SMILES string of the molecule is Cc1ccc(C)c(OC(C)C(=O)NCc2ccccc2)c1. The fourth-order valence-electron chi connectivity index (χ4n) is 2.01. The molecule has 1 amide bonds. The van der Waals surface area contributed by atoms with Gasteiger partial charge in [-0.05, 0) is 43.5 Å². The Bertz CT molecular complexity index is 608. The Kier molecular flexibility index (Phi) is 4.99. The van der Waals surface area contributed by atoms with E-state index in [1.54, 1.807) is 6.92 Å². The highest BCUT2D eigenvalue weighted by Crippen LogP contribution is 2.20. The summed E-state index contributed by atoms with van der Waals surface area (Å²) in [6.07, 6.45) is -0.519. The lowest BCUT2D eigenvalue weighted by atomic mass is 10.1. The predicted molar refractivity (Wildman–Crippen MR) is 84.3 cm³/mol.